The number of para-hydroxylation sites is 2. The fraction of sp³-hybridized carbons (Fsp3) is 0.143. The first-order valence-corrected chi connectivity index (χ1v) is 11.4. The molecule has 0 fully saturated rings. The molecule has 5 rings (SSSR count). The van der Waals surface area contributed by atoms with E-state index >= 15 is 0 Å². The van der Waals surface area contributed by atoms with Crippen molar-refractivity contribution in [3.8, 4) is 11.5 Å². The Bertz CT molecular complexity index is 1410. The molecule has 2 heterocycles. The molecule has 2 amide bonds. The van der Waals surface area contributed by atoms with Gasteiger partial charge in [0.25, 0.3) is 11.8 Å². The van der Waals surface area contributed by atoms with E-state index in [-0.39, 0.29) is 31.6 Å². The summed E-state index contributed by atoms with van der Waals surface area (Å²) in [7, 11) is 0. The smallest absolute Gasteiger partial charge is 0.344 e. The van der Waals surface area contributed by atoms with E-state index in [0.717, 1.165) is 26.7 Å². The van der Waals surface area contributed by atoms with Crippen LogP contribution in [0.5, 0.6) is 11.5 Å². The van der Waals surface area contributed by atoms with Crippen LogP contribution in [0.25, 0.3) is 21.8 Å². The second kappa shape index (κ2) is 10.4. The number of benzene rings is 3. The molecule has 0 saturated heterocycles. The van der Waals surface area contributed by atoms with Gasteiger partial charge in [0.2, 0.25) is 0 Å². The SMILES string of the molecule is O=C(Oc1ccc(OCCOCCN2C(=O)C=CC2=O)cc1)c1c2ccccc2nc2ccccc12. The Labute approximate surface area is 206 Å². The molecule has 180 valence electrons. The summed E-state index contributed by atoms with van der Waals surface area (Å²) in [6.07, 6.45) is 2.49. The molecule has 8 nitrogen and oxygen atoms in total. The lowest BCUT2D eigenvalue weighted by molar-refractivity contribution is -0.137. The third kappa shape index (κ3) is 4.94. The summed E-state index contributed by atoms with van der Waals surface area (Å²) in [5.74, 6) is -0.136. The number of esters is 1. The highest BCUT2D eigenvalue weighted by molar-refractivity contribution is 6.15. The van der Waals surface area contributed by atoms with E-state index in [0.29, 0.717) is 23.7 Å². The highest BCUT2D eigenvalue weighted by Gasteiger charge is 2.22. The largest absolute Gasteiger partial charge is 0.491 e. The van der Waals surface area contributed by atoms with Crippen LogP contribution in [0.15, 0.2) is 84.9 Å². The summed E-state index contributed by atoms with van der Waals surface area (Å²) in [6, 6.07) is 21.7. The van der Waals surface area contributed by atoms with Gasteiger partial charge in [-0.25, -0.2) is 9.78 Å². The molecule has 1 aromatic heterocycles. The van der Waals surface area contributed by atoms with Crippen LogP contribution >= 0.6 is 0 Å². The summed E-state index contributed by atoms with van der Waals surface area (Å²) in [5, 5.41) is 1.46. The van der Waals surface area contributed by atoms with Crippen molar-refractivity contribution in [3.05, 3.63) is 90.5 Å². The molecule has 0 radical (unpaired) electrons. The maximum Gasteiger partial charge on any atom is 0.344 e. The molecule has 1 aliphatic heterocycles. The average Bonchev–Trinajstić information content (AvgIpc) is 3.22. The second-order valence-corrected chi connectivity index (χ2v) is 8.00. The zero-order chi connectivity index (χ0) is 24.9. The fourth-order valence-electron chi connectivity index (χ4n) is 3.95. The predicted octanol–water partition coefficient (Wildman–Crippen LogP) is 3.93. The number of nitrogens with zero attached hydrogens (tertiary/aromatic N) is 2. The molecule has 0 spiro atoms. The molecule has 36 heavy (non-hydrogen) atoms. The van der Waals surface area contributed by atoms with Gasteiger partial charge in [-0.15, -0.1) is 0 Å². The Balaban J connectivity index is 1.16. The van der Waals surface area contributed by atoms with Gasteiger partial charge in [0.15, 0.2) is 0 Å². The van der Waals surface area contributed by atoms with Gasteiger partial charge in [0.05, 0.1) is 36.4 Å². The summed E-state index contributed by atoms with van der Waals surface area (Å²) in [4.78, 5) is 41.9. The number of carbonyl (C=O) groups excluding carboxylic acids is 3. The summed E-state index contributed by atoms with van der Waals surface area (Å²) in [6.45, 7) is 1.01. The number of hydrogen-bond acceptors (Lipinski definition) is 7. The molecular weight excluding hydrogens is 460 g/mol. The number of amides is 2. The lowest BCUT2D eigenvalue weighted by Gasteiger charge is -2.14. The Morgan fingerprint density at radius 1 is 0.722 bits per heavy atom. The van der Waals surface area contributed by atoms with Gasteiger partial charge >= 0.3 is 5.97 Å². The van der Waals surface area contributed by atoms with Gasteiger partial charge in [-0.1, -0.05) is 36.4 Å². The van der Waals surface area contributed by atoms with Crippen molar-refractivity contribution < 1.29 is 28.6 Å². The maximum atomic E-state index is 13.2. The Morgan fingerprint density at radius 2 is 1.31 bits per heavy atom. The maximum absolute atomic E-state index is 13.2. The molecular formula is C28H22N2O6. The molecule has 0 saturated carbocycles. The van der Waals surface area contributed by atoms with Gasteiger partial charge in [0, 0.05) is 22.9 Å². The van der Waals surface area contributed by atoms with Crippen molar-refractivity contribution in [2.75, 3.05) is 26.4 Å². The van der Waals surface area contributed by atoms with E-state index in [2.05, 4.69) is 4.98 Å². The van der Waals surface area contributed by atoms with Gasteiger partial charge in [-0.05, 0) is 36.4 Å². The summed E-state index contributed by atoms with van der Waals surface area (Å²) < 4.78 is 16.8. The summed E-state index contributed by atoms with van der Waals surface area (Å²) in [5.41, 5.74) is 1.93. The van der Waals surface area contributed by atoms with Gasteiger partial charge in [0.1, 0.15) is 18.1 Å². The minimum Gasteiger partial charge on any atom is -0.491 e. The number of hydrogen-bond donors (Lipinski definition) is 0. The van der Waals surface area contributed by atoms with Crippen molar-refractivity contribution in [2.45, 2.75) is 0 Å². The van der Waals surface area contributed by atoms with Gasteiger partial charge < -0.3 is 14.2 Å². The van der Waals surface area contributed by atoms with Crippen LogP contribution in [0.4, 0.5) is 0 Å². The highest BCUT2D eigenvalue weighted by atomic mass is 16.5. The van der Waals surface area contributed by atoms with Crippen LogP contribution < -0.4 is 9.47 Å². The van der Waals surface area contributed by atoms with Crippen LogP contribution in [0, 0.1) is 0 Å². The molecule has 1 aliphatic rings. The average molecular weight is 482 g/mol. The molecule has 0 unspecified atom stereocenters. The third-order valence-corrected chi connectivity index (χ3v) is 5.68. The number of carbonyl (C=O) groups is 3. The molecule has 0 N–H and O–H groups in total. The number of rotatable bonds is 9. The standard InChI is InChI=1S/C28H22N2O6/c31-25-13-14-26(32)30(25)15-16-34-17-18-35-19-9-11-20(12-10-19)36-28(33)27-21-5-1-3-7-23(21)29-24-8-4-2-6-22(24)27/h1-14H,15-18H2. The van der Waals surface area contributed by atoms with Crippen molar-refractivity contribution >= 4 is 39.6 Å². The molecule has 8 heteroatoms. The quantitative estimate of drug-likeness (QED) is 0.117. The molecule has 3 aromatic carbocycles. The zero-order valence-electron chi connectivity index (χ0n) is 19.3. The fourth-order valence-corrected chi connectivity index (χ4v) is 3.95. The minimum absolute atomic E-state index is 0.201. The first-order valence-electron chi connectivity index (χ1n) is 11.4. The van der Waals surface area contributed by atoms with Crippen molar-refractivity contribution in [1.82, 2.24) is 9.88 Å². The summed E-state index contributed by atoms with van der Waals surface area (Å²) >= 11 is 0. The first-order chi connectivity index (χ1) is 17.6. The van der Waals surface area contributed by atoms with E-state index in [1.54, 1.807) is 24.3 Å². The first kappa shape index (κ1) is 23.2. The number of fused-ring (bicyclic) bond motifs is 2. The number of aromatic nitrogens is 1. The van der Waals surface area contributed by atoms with Crippen LogP contribution in [-0.2, 0) is 14.3 Å². The monoisotopic (exact) mass is 482 g/mol. The topological polar surface area (TPSA) is 95.0 Å². The van der Waals surface area contributed by atoms with Crippen LogP contribution in [0.1, 0.15) is 10.4 Å². The van der Waals surface area contributed by atoms with E-state index < -0.39 is 5.97 Å². The molecule has 4 aromatic rings. The Morgan fingerprint density at radius 3 is 1.94 bits per heavy atom. The van der Waals surface area contributed by atoms with Crippen LogP contribution in [-0.4, -0.2) is 54.0 Å². The van der Waals surface area contributed by atoms with E-state index in [4.69, 9.17) is 14.2 Å². The van der Waals surface area contributed by atoms with E-state index in [9.17, 15) is 14.4 Å². The van der Waals surface area contributed by atoms with Crippen LogP contribution in [0.2, 0.25) is 0 Å². The Kier molecular flexibility index (Phi) is 6.68. The molecule has 0 atom stereocenters. The number of pyridine rings is 1. The molecule has 0 aliphatic carbocycles. The normalized spacial score (nSPS) is 13.1. The third-order valence-electron chi connectivity index (χ3n) is 5.68. The van der Waals surface area contributed by atoms with E-state index in [1.807, 2.05) is 48.5 Å². The van der Waals surface area contributed by atoms with Gasteiger partial charge in [-0.3, -0.25) is 14.5 Å². The second-order valence-electron chi connectivity index (χ2n) is 8.00. The van der Waals surface area contributed by atoms with Crippen LogP contribution in [0.3, 0.4) is 0 Å². The van der Waals surface area contributed by atoms with Crippen molar-refractivity contribution in [1.29, 1.82) is 0 Å². The van der Waals surface area contributed by atoms with Crippen molar-refractivity contribution in [3.63, 3.8) is 0 Å². The number of ether oxygens (including phenoxy) is 3. The van der Waals surface area contributed by atoms with Gasteiger partial charge in [-0.2, -0.15) is 0 Å². The molecule has 0 bridgehead atoms. The minimum atomic E-state index is -0.461. The lowest BCUT2D eigenvalue weighted by Crippen LogP contribution is -2.33. The Hall–Kier alpha value is -4.56. The van der Waals surface area contributed by atoms with Crippen molar-refractivity contribution in [2.24, 2.45) is 0 Å². The van der Waals surface area contributed by atoms with E-state index in [1.165, 1.54) is 12.2 Å². The number of imide groups is 1. The lowest BCUT2D eigenvalue weighted by atomic mass is 10.0. The predicted molar refractivity (Wildman–Crippen MR) is 133 cm³/mol. The zero-order valence-corrected chi connectivity index (χ0v) is 19.3. The highest BCUT2D eigenvalue weighted by Crippen LogP contribution is 2.27.